The molecule has 218 valence electrons. The molecule has 0 radical (unpaired) electrons. The Morgan fingerprint density at radius 2 is 1.88 bits per heavy atom. The van der Waals surface area contributed by atoms with Gasteiger partial charge in [-0.1, -0.05) is 6.07 Å². The van der Waals surface area contributed by atoms with Crippen LogP contribution < -0.4 is 10.6 Å². The number of aliphatic hydroxyl groups is 3. The average molecular weight is 577 g/mol. The van der Waals surface area contributed by atoms with E-state index < -0.39 is 63.9 Å². The summed E-state index contributed by atoms with van der Waals surface area (Å²) in [5, 5.41) is 34.4. The van der Waals surface area contributed by atoms with E-state index >= 15 is 0 Å². The first-order chi connectivity index (χ1) is 19.8. The van der Waals surface area contributed by atoms with E-state index in [4.69, 9.17) is 10.2 Å². The van der Waals surface area contributed by atoms with Crippen LogP contribution in [0.4, 0.5) is 10.1 Å². The molecule has 42 heavy (non-hydrogen) atoms. The molecule has 0 bridgehead atoms. The summed E-state index contributed by atoms with van der Waals surface area (Å²) in [5.41, 5.74) is 3.90. The Balaban J connectivity index is 1.59. The number of oxazole rings is 1. The monoisotopic (exact) mass is 576 g/mol. The molecule has 0 aliphatic heterocycles. The fraction of sp³-hybridized carbons (Fsp3) is 0.333. The number of primary amides is 1. The zero-order valence-electron chi connectivity index (χ0n) is 23.3. The zero-order chi connectivity index (χ0) is 30.4. The molecular weight excluding hydrogens is 547 g/mol. The number of benzene rings is 2. The number of aliphatic hydroxyl groups excluding tert-OH is 2. The van der Waals surface area contributed by atoms with Gasteiger partial charge >= 0.3 is 0 Å². The fourth-order valence-corrected chi connectivity index (χ4v) is 6.83. The highest BCUT2D eigenvalue weighted by atomic mass is 19.1. The molecule has 1 heterocycles. The predicted octanol–water partition coefficient (Wildman–Crippen LogP) is 2.43. The number of rotatable bonds is 4. The Bertz CT molecular complexity index is 1790. The summed E-state index contributed by atoms with van der Waals surface area (Å²) < 4.78 is 20.0. The zero-order valence-corrected chi connectivity index (χ0v) is 23.3. The summed E-state index contributed by atoms with van der Waals surface area (Å²) in [6.07, 6.45) is 0.260. The third-order valence-corrected chi connectivity index (χ3v) is 8.63. The number of halogens is 1. The van der Waals surface area contributed by atoms with Crippen LogP contribution in [0.15, 0.2) is 57.4 Å². The van der Waals surface area contributed by atoms with Crippen molar-refractivity contribution in [3.63, 3.8) is 0 Å². The van der Waals surface area contributed by atoms with E-state index in [1.807, 2.05) is 4.90 Å². The van der Waals surface area contributed by atoms with E-state index in [-0.39, 0.29) is 35.5 Å². The Morgan fingerprint density at radius 1 is 1.17 bits per heavy atom. The maximum Gasteiger partial charge on any atom is 0.255 e. The number of amides is 1. The lowest BCUT2D eigenvalue weighted by Crippen LogP contribution is -2.63. The number of hydrogen-bond donors (Lipinski definition) is 4. The number of hydrogen-bond acceptors (Lipinski definition) is 10. The van der Waals surface area contributed by atoms with Crippen molar-refractivity contribution in [1.82, 2.24) is 9.88 Å². The summed E-state index contributed by atoms with van der Waals surface area (Å²) >= 11 is 0. The fourth-order valence-electron chi connectivity index (χ4n) is 6.83. The van der Waals surface area contributed by atoms with Crippen molar-refractivity contribution in [3.8, 4) is 11.5 Å². The Labute approximate surface area is 239 Å². The van der Waals surface area contributed by atoms with Gasteiger partial charge in [0.1, 0.15) is 28.4 Å². The van der Waals surface area contributed by atoms with Gasteiger partial charge in [0.25, 0.3) is 5.91 Å². The molecule has 6 rings (SSSR count). The Morgan fingerprint density at radius 3 is 2.50 bits per heavy atom. The van der Waals surface area contributed by atoms with Crippen LogP contribution in [-0.4, -0.2) is 82.5 Å². The second-order valence-corrected chi connectivity index (χ2v) is 11.5. The number of carbonyl (C=O) groups excluding carboxylic acids is 3. The van der Waals surface area contributed by atoms with Gasteiger partial charge in [0.15, 0.2) is 17.0 Å². The number of likely N-dealkylation sites (N-methyl/N-ethyl adjacent to an activating group) is 1. The summed E-state index contributed by atoms with van der Waals surface area (Å²) in [6, 6.07) is 6.38. The number of aromatic nitrogens is 1. The van der Waals surface area contributed by atoms with Crippen LogP contribution in [-0.2, 0) is 16.0 Å². The lowest BCUT2D eigenvalue weighted by Gasteiger charge is -2.50. The molecule has 4 atom stereocenters. The van der Waals surface area contributed by atoms with Crippen LogP contribution in [0.3, 0.4) is 0 Å². The van der Waals surface area contributed by atoms with Gasteiger partial charge in [0.05, 0.1) is 11.6 Å². The van der Waals surface area contributed by atoms with Gasteiger partial charge in [0.2, 0.25) is 11.7 Å². The van der Waals surface area contributed by atoms with Gasteiger partial charge in [-0.05, 0) is 62.7 Å². The number of nitrogens with zero attached hydrogens (tertiary/aromatic N) is 3. The molecule has 1 aromatic heterocycles. The number of nitrogens with two attached hydrogens (primary N) is 1. The third kappa shape index (κ3) is 3.64. The highest BCUT2D eigenvalue weighted by molar-refractivity contribution is 6.25. The van der Waals surface area contributed by atoms with Crippen LogP contribution in [0, 0.1) is 17.7 Å². The first-order valence-electron chi connectivity index (χ1n) is 13.3. The maximum absolute atomic E-state index is 14.3. The van der Waals surface area contributed by atoms with E-state index in [0.717, 1.165) is 0 Å². The largest absolute Gasteiger partial charge is 0.510 e. The highest BCUT2D eigenvalue weighted by Gasteiger charge is 2.63. The third-order valence-electron chi connectivity index (χ3n) is 8.63. The SMILES string of the molecule is CN(C)c1cc2nc(-c3cccc(F)c3)oc2c2c1C[C@H]1C[C@H]3[C@H](N(C)C)C(O)=C(C(N)=O)C(=O)[C@@]3(O)C(O)=C1C2=O. The van der Waals surface area contributed by atoms with Crippen molar-refractivity contribution in [3.05, 3.63) is 69.9 Å². The molecule has 3 aromatic rings. The van der Waals surface area contributed by atoms with Crippen molar-refractivity contribution < 1.29 is 38.5 Å². The van der Waals surface area contributed by atoms with Gasteiger partial charge < -0.3 is 30.4 Å². The highest BCUT2D eigenvalue weighted by Crippen LogP contribution is 2.53. The molecule has 0 saturated heterocycles. The molecule has 3 aliphatic carbocycles. The number of allylic oxidation sites excluding steroid dienone is 1. The number of ketones is 2. The van der Waals surface area contributed by atoms with E-state index in [2.05, 4.69) is 4.98 Å². The van der Waals surface area contributed by atoms with Crippen molar-refractivity contribution in [2.24, 2.45) is 17.6 Å². The first kappa shape index (κ1) is 27.6. The Kier molecular flexibility index (Phi) is 6.07. The van der Waals surface area contributed by atoms with Crippen molar-refractivity contribution in [1.29, 1.82) is 0 Å². The molecule has 1 amide bonds. The minimum absolute atomic E-state index is 0.0294. The van der Waals surface area contributed by atoms with Crippen LogP contribution in [0.1, 0.15) is 22.3 Å². The molecule has 11 nitrogen and oxygen atoms in total. The lowest BCUT2D eigenvalue weighted by atomic mass is 9.58. The lowest BCUT2D eigenvalue weighted by molar-refractivity contribution is -0.148. The number of carbonyl (C=O) groups is 3. The van der Waals surface area contributed by atoms with Crippen LogP contribution in [0.5, 0.6) is 0 Å². The van der Waals surface area contributed by atoms with Gasteiger partial charge in [-0.25, -0.2) is 9.37 Å². The first-order valence-corrected chi connectivity index (χ1v) is 13.3. The standard InChI is InChI=1S/C30H29FN4O7/c1-34(2)18-11-17-25(42-29(33-17)12-6-5-7-14(31)8-12)20-15(18)9-13-10-16-22(35(3)4)24(37)21(28(32)40)27(39)30(16,41)26(38)19(13)23(20)36/h5-8,11,13,16,22,37-38,41H,9-10H2,1-4H3,(H2,32,40)/t13-,16-,22-,30-/m0/s1. The minimum Gasteiger partial charge on any atom is -0.510 e. The second-order valence-electron chi connectivity index (χ2n) is 11.5. The van der Waals surface area contributed by atoms with E-state index in [0.29, 0.717) is 22.3 Å². The number of fused-ring (bicyclic) bond motifs is 5. The maximum atomic E-state index is 14.3. The number of anilines is 1. The smallest absolute Gasteiger partial charge is 0.255 e. The molecular formula is C30H29FN4O7. The minimum atomic E-state index is -2.68. The van der Waals surface area contributed by atoms with Crippen LogP contribution in [0.2, 0.25) is 0 Å². The molecule has 3 aliphatic rings. The van der Waals surface area contributed by atoms with Crippen molar-refractivity contribution >= 4 is 34.3 Å². The molecule has 2 aromatic carbocycles. The van der Waals surface area contributed by atoms with Crippen molar-refractivity contribution in [2.45, 2.75) is 24.5 Å². The molecule has 12 heteroatoms. The van der Waals surface area contributed by atoms with Gasteiger partial charge in [-0.3, -0.25) is 19.3 Å². The van der Waals surface area contributed by atoms with Crippen molar-refractivity contribution in [2.75, 3.05) is 33.1 Å². The molecule has 0 spiro atoms. The summed E-state index contributed by atoms with van der Waals surface area (Å²) in [5.74, 6) is -6.82. The van der Waals surface area contributed by atoms with E-state index in [9.17, 15) is 34.1 Å². The van der Waals surface area contributed by atoms with Gasteiger partial charge in [-0.15, -0.1) is 0 Å². The van der Waals surface area contributed by atoms with E-state index in [1.165, 1.54) is 23.1 Å². The summed E-state index contributed by atoms with van der Waals surface area (Å²) in [7, 11) is 6.79. The molecule has 5 N–H and O–H groups in total. The van der Waals surface area contributed by atoms with Gasteiger partial charge in [0, 0.05) is 36.8 Å². The number of Topliss-reactive ketones (excluding diaryl/α,β-unsaturated/α-hetero) is 2. The van der Waals surface area contributed by atoms with Gasteiger partial charge in [-0.2, -0.15) is 0 Å². The topological polar surface area (TPSA) is 170 Å². The summed E-state index contributed by atoms with van der Waals surface area (Å²) in [4.78, 5) is 47.9. The average Bonchev–Trinajstić information content (AvgIpc) is 3.34. The molecule has 0 saturated carbocycles. The molecule has 0 fully saturated rings. The summed E-state index contributed by atoms with van der Waals surface area (Å²) in [6.45, 7) is 0. The van der Waals surface area contributed by atoms with Crippen LogP contribution >= 0.6 is 0 Å². The van der Waals surface area contributed by atoms with Crippen LogP contribution in [0.25, 0.3) is 22.6 Å². The molecule has 0 unspecified atom stereocenters. The quantitative estimate of drug-likeness (QED) is 0.338. The predicted molar refractivity (Wildman–Crippen MR) is 149 cm³/mol. The second kappa shape index (κ2) is 9.23. The van der Waals surface area contributed by atoms with E-state index in [1.54, 1.807) is 40.3 Å². The Hall–Kier alpha value is -4.55. The normalized spacial score (nSPS) is 25.5.